The first-order valence-electron chi connectivity index (χ1n) is 7.32. The van der Waals surface area contributed by atoms with Gasteiger partial charge in [0.2, 0.25) is 5.91 Å². The third-order valence-electron chi connectivity index (χ3n) is 4.46. The van der Waals surface area contributed by atoms with E-state index in [9.17, 15) is 9.59 Å². The molecular weight excluding hydrogens is 286 g/mol. The summed E-state index contributed by atoms with van der Waals surface area (Å²) in [5.41, 5.74) is 1.24. The average molecular weight is 305 g/mol. The maximum atomic E-state index is 12.6. The lowest BCUT2D eigenvalue weighted by Crippen LogP contribution is -2.47. The molecule has 3 unspecified atom stereocenters. The van der Waals surface area contributed by atoms with Gasteiger partial charge in [0, 0.05) is 18.0 Å². The van der Waals surface area contributed by atoms with E-state index < -0.39 is 5.97 Å². The number of thioether (sulfide) groups is 1. The lowest BCUT2D eigenvalue weighted by molar-refractivity contribution is -0.148. The fraction of sp³-hybridized carbons (Fsp3) is 0.500. The maximum absolute atomic E-state index is 12.6. The standard InChI is InChI=1S/C16H19NO3S/c1-10-9-17(7-6-12(10)16(19)20)15(18)14-8-11-4-2-3-5-13(11)21-14/h2-5,10,12,14H,6-9H2,1H3,(H,19,20). The summed E-state index contributed by atoms with van der Waals surface area (Å²) in [4.78, 5) is 26.8. The van der Waals surface area contributed by atoms with Crippen molar-refractivity contribution in [2.24, 2.45) is 11.8 Å². The number of hydrogen-bond acceptors (Lipinski definition) is 3. The fourth-order valence-electron chi connectivity index (χ4n) is 3.24. The van der Waals surface area contributed by atoms with Crippen molar-refractivity contribution < 1.29 is 14.7 Å². The molecular formula is C16H19NO3S. The van der Waals surface area contributed by atoms with Gasteiger partial charge in [-0.2, -0.15) is 0 Å². The Labute approximate surface area is 128 Å². The van der Waals surface area contributed by atoms with Gasteiger partial charge in [-0.05, 0) is 30.4 Å². The first-order chi connectivity index (χ1) is 10.1. The van der Waals surface area contributed by atoms with E-state index in [4.69, 9.17) is 5.11 Å². The number of carboxylic acid groups (broad SMARTS) is 1. The number of rotatable bonds is 2. The zero-order valence-electron chi connectivity index (χ0n) is 12.0. The molecule has 1 saturated heterocycles. The highest BCUT2D eigenvalue weighted by Gasteiger charge is 2.37. The molecule has 1 N–H and O–H groups in total. The van der Waals surface area contributed by atoms with Crippen molar-refractivity contribution in [2.75, 3.05) is 13.1 Å². The molecule has 1 fully saturated rings. The van der Waals surface area contributed by atoms with E-state index in [0.29, 0.717) is 19.5 Å². The van der Waals surface area contributed by atoms with Crippen LogP contribution in [0, 0.1) is 11.8 Å². The summed E-state index contributed by atoms with van der Waals surface area (Å²) >= 11 is 1.64. The molecule has 0 aromatic heterocycles. The Bertz CT molecular complexity index is 549. The van der Waals surface area contributed by atoms with Gasteiger partial charge in [-0.1, -0.05) is 25.1 Å². The van der Waals surface area contributed by atoms with Crippen LogP contribution in [0.15, 0.2) is 29.2 Å². The van der Waals surface area contributed by atoms with Gasteiger partial charge in [0.25, 0.3) is 0 Å². The number of piperidine rings is 1. The summed E-state index contributed by atoms with van der Waals surface area (Å²) in [6, 6.07) is 8.15. The maximum Gasteiger partial charge on any atom is 0.306 e. The Morgan fingerprint density at radius 3 is 2.76 bits per heavy atom. The summed E-state index contributed by atoms with van der Waals surface area (Å²) in [7, 11) is 0. The first kappa shape index (κ1) is 14.4. The third-order valence-corrected chi connectivity index (χ3v) is 5.76. The highest BCUT2D eigenvalue weighted by Crippen LogP contribution is 2.38. The van der Waals surface area contributed by atoms with Crippen LogP contribution in [0.4, 0.5) is 0 Å². The summed E-state index contributed by atoms with van der Waals surface area (Å²) in [5.74, 6) is -0.874. The van der Waals surface area contributed by atoms with Gasteiger partial charge in [0.1, 0.15) is 0 Å². The largest absolute Gasteiger partial charge is 0.481 e. The van der Waals surface area contributed by atoms with Crippen LogP contribution in [0.5, 0.6) is 0 Å². The van der Waals surface area contributed by atoms with E-state index in [1.54, 1.807) is 11.8 Å². The van der Waals surface area contributed by atoms with Crippen molar-refractivity contribution in [1.29, 1.82) is 0 Å². The zero-order valence-corrected chi connectivity index (χ0v) is 12.8. The molecule has 0 saturated carbocycles. The third kappa shape index (κ3) is 2.79. The summed E-state index contributed by atoms with van der Waals surface area (Å²) in [6.45, 7) is 3.05. The number of carbonyl (C=O) groups is 2. The number of carboxylic acids is 1. The van der Waals surface area contributed by atoms with Crippen LogP contribution in [-0.2, 0) is 16.0 Å². The van der Waals surface area contributed by atoms with Crippen LogP contribution in [-0.4, -0.2) is 40.2 Å². The van der Waals surface area contributed by atoms with Gasteiger partial charge in [0.15, 0.2) is 0 Å². The predicted octanol–water partition coefficient (Wildman–Crippen LogP) is 2.27. The Kier molecular flexibility index (Phi) is 3.93. The van der Waals surface area contributed by atoms with E-state index >= 15 is 0 Å². The second kappa shape index (κ2) is 5.72. The Morgan fingerprint density at radius 1 is 1.33 bits per heavy atom. The molecule has 3 atom stereocenters. The minimum Gasteiger partial charge on any atom is -0.481 e. The van der Waals surface area contributed by atoms with E-state index in [1.807, 2.05) is 24.0 Å². The van der Waals surface area contributed by atoms with Crippen molar-refractivity contribution in [1.82, 2.24) is 4.90 Å². The number of aliphatic carboxylic acids is 1. The molecule has 0 radical (unpaired) electrons. The van der Waals surface area contributed by atoms with E-state index in [2.05, 4.69) is 12.1 Å². The van der Waals surface area contributed by atoms with Gasteiger partial charge in [-0.15, -0.1) is 11.8 Å². The number of nitrogens with zero attached hydrogens (tertiary/aromatic N) is 1. The number of fused-ring (bicyclic) bond motifs is 1. The van der Waals surface area contributed by atoms with Crippen LogP contribution in [0.2, 0.25) is 0 Å². The summed E-state index contributed by atoms with van der Waals surface area (Å²) in [5, 5.41) is 9.11. The van der Waals surface area contributed by atoms with Crippen LogP contribution in [0.3, 0.4) is 0 Å². The number of carbonyl (C=O) groups excluding carboxylic acids is 1. The van der Waals surface area contributed by atoms with Gasteiger partial charge < -0.3 is 10.0 Å². The number of likely N-dealkylation sites (tertiary alicyclic amines) is 1. The van der Waals surface area contributed by atoms with E-state index in [0.717, 1.165) is 6.42 Å². The minimum atomic E-state index is -0.739. The highest BCUT2D eigenvalue weighted by molar-refractivity contribution is 8.01. The molecule has 5 heteroatoms. The van der Waals surface area contributed by atoms with Crippen molar-refractivity contribution in [3.8, 4) is 0 Å². The fourth-order valence-corrected chi connectivity index (χ4v) is 4.52. The zero-order chi connectivity index (χ0) is 15.0. The molecule has 2 aliphatic rings. The Balaban J connectivity index is 1.64. The van der Waals surface area contributed by atoms with Crippen LogP contribution >= 0.6 is 11.8 Å². The molecule has 0 aliphatic carbocycles. The summed E-state index contributed by atoms with van der Waals surface area (Å²) in [6.07, 6.45) is 1.35. The number of hydrogen-bond donors (Lipinski definition) is 1. The van der Waals surface area contributed by atoms with Crippen LogP contribution < -0.4 is 0 Å². The molecule has 1 amide bonds. The van der Waals surface area contributed by atoms with E-state index in [1.165, 1.54) is 10.5 Å². The van der Waals surface area contributed by atoms with Gasteiger partial charge in [-0.25, -0.2) is 0 Å². The van der Waals surface area contributed by atoms with Crippen molar-refractivity contribution >= 4 is 23.6 Å². The van der Waals surface area contributed by atoms with Gasteiger partial charge >= 0.3 is 5.97 Å². The number of benzene rings is 1. The van der Waals surface area contributed by atoms with Crippen LogP contribution in [0.1, 0.15) is 18.9 Å². The highest BCUT2D eigenvalue weighted by atomic mass is 32.2. The summed E-state index contributed by atoms with van der Waals surface area (Å²) < 4.78 is 0. The quantitative estimate of drug-likeness (QED) is 0.910. The molecule has 3 rings (SSSR count). The molecule has 0 bridgehead atoms. The second-order valence-electron chi connectivity index (χ2n) is 5.91. The second-order valence-corrected chi connectivity index (χ2v) is 7.16. The normalized spacial score (nSPS) is 28.2. The predicted molar refractivity (Wildman–Crippen MR) is 81.3 cm³/mol. The minimum absolute atomic E-state index is 0.0222. The molecule has 1 aromatic carbocycles. The Morgan fingerprint density at radius 2 is 2.10 bits per heavy atom. The molecule has 2 aliphatic heterocycles. The van der Waals surface area contributed by atoms with Crippen molar-refractivity contribution in [3.05, 3.63) is 29.8 Å². The SMILES string of the molecule is CC1CN(C(=O)C2Cc3ccccc3S2)CCC1C(=O)O. The Hall–Kier alpha value is -1.49. The average Bonchev–Trinajstić information content (AvgIpc) is 2.89. The lowest BCUT2D eigenvalue weighted by atomic mass is 9.87. The molecule has 0 spiro atoms. The smallest absolute Gasteiger partial charge is 0.306 e. The molecule has 2 heterocycles. The molecule has 112 valence electrons. The van der Waals surface area contributed by atoms with Crippen molar-refractivity contribution in [2.45, 2.75) is 29.9 Å². The first-order valence-corrected chi connectivity index (χ1v) is 8.20. The van der Waals surface area contributed by atoms with Gasteiger partial charge in [0.05, 0.1) is 11.2 Å². The molecule has 21 heavy (non-hydrogen) atoms. The monoisotopic (exact) mass is 305 g/mol. The van der Waals surface area contributed by atoms with Crippen LogP contribution in [0.25, 0.3) is 0 Å². The van der Waals surface area contributed by atoms with E-state index in [-0.39, 0.29) is 23.0 Å². The lowest BCUT2D eigenvalue weighted by Gasteiger charge is -2.36. The van der Waals surface area contributed by atoms with Crippen molar-refractivity contribution in [3.63, 3.8) is 0 Å². The van der Waals surface area contributed by atoms with Gasteiger partial charge in [-0.3, -0.25) is 9.59 Å². The topological polar surface area (TPSA) is 57.6 Å². The molecule has 1 aromatic rings. The molecule has 4 nitrogen and oxygen atoms in total. The number of amides is 1.